The summed E-state index contributed by atoms with van der Waals surface area (Å²) < 4.78 is 22.8. The van der Waals surface area contributed by atoms with E-state index in [0.717, 1.165) is 0 Å². The molecule has 0 bridgehead atoms. The van der Waals surface area contributed by atoms with E-state index in [9.17, 15) is 13.2 Å². The number of hydrogen-bond acceptors (Lipinski definition) is 4. The third-order valence-electron chi connectivity index (χ3n) is 3.29. The zero-order valence-corrected chi connectivity index (χ0v) is 13.2. The second-order valence-corrected chi connectivity index (χ2v) is 6.57. The summed E-state index contributed by atoms with van der Waals surface area (Å²) in [7, 11) is -3.80. The molecule has 1 atom stereocenters. The predicted octanol–water partition coefficient (Wildman–Crippen LogP) is 1.70. The number of carbonyl (C=O) groups is 1. The lowest BCUT2D eigenvalue weighted by atomic mass is 10.1. The van der Waals surface area contributed by atoms with E-state index in [-0.39, 0.29) is 10.8 Å². The Morgan fingerprint density at radius 3 is 2.57 bits per heavy atom. The summed E-state index contributed by atoms with van der Waals surface area (Å²) in [6.45, 7) is 1.73. The summed E-state index contributed by atoms with van der Waals surface area (Å²) in [6.07, 6.45) is 0. The molecule has 0 aliphatic carbocycles. The normalized spacial score (nSPS) is 12.2. The van der Waals surface area contributed by atoms with Crippen molar-refractivity contribution in [3.8, 4) is 6.07 Å². The van der Waals surface area contributed by atoms with Gasteiger partial charge in [-0.1, -0.05) is 18.2 Å². The highest BCUT2D eigenvalue weighted by Gasteiger charge is 2.14. The molecule has 23 heavy (non-hydrogen) atoms. The fourth-order valence-electron chi connectivity index (χ4n) is 2.05. The molecule has 0 heterocycles. The van der Waals surface area contributed by atoms with E-state index in [2.05, 4.69) is 5.32 Å². The molecule has 0 aliphatic heterocycles. The van der Waals surface area contributed by atoms with Crippen molar-refractivity contribution in [1.29, 1.82) is 5.26 Å². The van der Waals surface area contributed by atoms with Crippen LogP contribution in [0.25, 0.3) is 0 Å². The third kappa shape index (κ3) is 4.16. The maximum absolute atomic E-state index is 12.2. The predicted molar refractivity (Wildman–Crippen MR) is 84.9 cm³/mol. The van der Waals surface area contributed by atoms with Crippen LogP contribution in [0, 0.1) is 11.3 Å². The maximum Gasteiger partial charge on any atom is 0.251 e. The zero-order chi connectivity index (χ0) is 17.0. The molecule has 0 aliphatic rings. The van der Waals surface area contributed by atoms with Crippen molar-refractivity contribution in [2.24, 2.45) is 5.14 Å². The van der Waals surface area contributed by atoms with Gasteiger partial charge in [-0.2, -0.15) is 5.26 Å². The molecule has 0 saturated carbocycles. The van der Waals surface area contributed by atoms with Crippen LogP contribution in [0.3, 0.4) is 0 Å². The molecule has 0 saturated heterocycles. The molecule has 3 N–H and O–H groups in total. The van der Waals surface area contributed by atoms with Crippen LogP contribution in [-0.2, 0) is 10.0 Å². The van der Waals surface area contributed by atoms with Gasteiger partial charge in [0, 0.05) is 5.56 Å². The molecular weight excluding hydrogens is 314 g/mol. The Bertz CT molecular complexity index is 885. The number of hydrogen-bond donors (Lipinski definition) is 2. The van der Waals surface area contributed by atoms with Crippen molar-refractivity contribution in [3.63, 3.8) is 0 Å². The van der Waals surface area contributed by atoms with E-state index in [1.807, 2.05) is 6.07 Å². The van der Waals surface area contributed by atoms with Crippen molar-refractivity contribution in [3.05, 3.63) is 65.2 Å². The monoisotopic (exact) mass is 329 g/mol. The van der Waals surface area contributed by atoms with E-state index < -0.39 is 16.1 Å². The molecule has 2 aromatic rings. The number of sulfonamides is 1. The number of amides is 1. The molecule has 2 rings (SSSR count). The first kappa shape index (κ1) is 16.7. The number of nitrogens with one attached hydrogen (secondary N) is 1. The van der Waals surface area contributed by atoms with Gasteiger partial charge in [0.25, 0.3) is 5.91 Å². The lowest BCUT2D eigenvalue weighted by molar-refractivity contribution is 0.0940. The summed E-state index contributed by atoms with van der Waals surface area (Å²) in [4.78, 5) is 12.2. The van der Waals surface area contributed by atoms with Crippen LogP contribution in [0.2, 0.25) is 0 Å². The maximum atomic E-state index is 12.2. The van der Waals surface area contributed by atoms with E-state index in [4.69, 9.17) is 10.4 Å². The summed E-state index contributed by atoms with van der Waals surface area (Å²) >= 11 is 0. The van der Waals surface area contributed by atoms with Gasteiger partial charge in [-0.25, -0.2) is 13.6 Å². The van der Waals surface area contributed by atoms with E-state index in [0.29, 0.717) is 16.7 Å². The van der Waals surface area contributed by atoms with Crippen LogP contribution in [0.5, 0.6) is 0 Å². The average molecular weight is 329 g/mol. The summed E-state index contributed by atoms with van der Waals surface area (Å²) in [5.74, 6) is -0.351. The number of nitriles is 1. The van der Waals surface area contributed by atoms with Gasteiger partial charge in [0.15, 0.2) is 0 Å². The van der Waals surface area contributed by atoms with Crippen LogP contribution in [-0.4, -0.2) is 14.3 Å². The minimum Gasteiger partial charge on any atom is -0.346 e. The van der Waals surface area contributed by atoms with Gasteiger partial charge in [0.2, 0.25) is 10.0 Å². The van der Waals surface area contributed by atoms with Gasteiger partial charge in [-0.15, -0.1) is 0 Å². The van der Waals surface area contributed by atoms with E-state index in [1.54, 1.807) is 37.3 Å². The first-order chi connectivity index (χ1) is 10.8. The van der Waals surface area contributed by atoms with Gasteiger partial charge in [-0.05, 0) is 42.8 Å². The molecule has 0 spiro atoms. The number of benzene rings is 2. The Morgan fingerprint density at radius 2 is 1.91 bits per heavy atom. The number of nitrogens with zero attached hydrogens (tertiary/aromatic N) is 1. The van der Waals surface area contributed by atoms with Crippen LogP contribution >= 0.6 is 0 Å². The Kier molecular flexibility index (Phi) is 4.79. The molecule has 118 valence electrons. The zero-order valence-electron chi connectivity index (χ0n) is 12.4. The van der Waals surface area contributed by atoms with Crippen LogP contribution in [0.15, 0.2) is 53.4 Å². The van der Waals surface area contributed by atoms with Gasteiger partial charge >= 0.3 is 0 Å². The van der Waals surface area contributed by atoms with Gasteiger partial charge in [0.1, 0.15) is 0 Å². The van der Waals surface area contributed by atoms with Crippen molar-refractivity contribution in [1.82, 2.24) is 5.32 Å². The van der Waals surface area contributed by atoms with E-state index >= 15 is 0 Å². The van der Waals surface area contributed by atoms with Crippen LogP contribution in [0.1, 0.15) is 34.5 Å². The number of carbonyl (C=O) groups excluding carboxylic acids is 1. The number of rotatable bonds is 4. The summed E-state index contributed by atoms with van der Waals surface area (Å²) in [5.41, 5.74) is 1.36. The molecule has 0 unspecified atom stereocenters. The Morgan fingerprint density at radius 1 is 1.22 bits per heavy atom. The summed E-state index contributed by atoms with van der Waals surface area (Å²) in [6, 6.07) is 13.9. The Hall–Kier alpha value is -2.69. The van der Waals surface area contributed by atoms with Gasteiger partial charge < -0.3 is 5.32 Å². The van der Waals surface area contributed by atoms with E-state index in [1.165, 1.54) is 18.2 Å². The lowest BCUT2D eigenvalue weighted by Crippen LogP contribution is -2.27. The SMILES string of the molecule is C[C@H](NC(=O)c1cccc(C#N)c1)c1cccc(S(N)(=O)=O)c1. The van der Waals surface area contributed by atoms with Gasteiger partial charge in [-0.3, -0.25) is 4.79 Å². The molecule has 0 aromatic heterocycles. The van der Waals surface area contributed by atoms with Gasteiger partial charge in [0.05, 0.1) is 22.6 Å². The average Bonchev–Trinajstić information content (AvgIpc) is 2.54. The highest BCUT2D eigenvalue weighted by molar-refractivity contribution is 7.89. The van der Waals surface area contributed by atoms with Crippen molar-refractivity contribution in [2.75, 3.05) is 0 Å². The third-order valence-corrected chi connectivity index (χ3v) is 4.20. The molecular formula is C16H15N3O3S. The van der Waals surface area contributed by atoms with Crippen molar-refractivity contribution in [2.45, 2.75) is 17.9 Å². The van der Waals surface area contributed by atoms with Crippen LogP contribution < -0.4 is 10.5 Å². The number of nitrogens with two attached hydrogens (primary N) is 1. The fraction of sp³-hybridized carbons (Fsp3) is 0.125. The van der Waals surface area contributed by atoms with Crippen molar-refractivity contribution < 1.29 is 13.2 Å². The Labute approximate surface area is 134 Å². The molecule has 1 amide bonds. The fourth-order valence-corrected chi connectivity index (χ4v) is 2.62. The molecule has 7 heteroatoms. The molecule has 0 radical (unpaired) electrons. The molecule has 2 aromatic carbocycles. The lowest BCUT2D eigenvalue weighted by Gasteiger charge is -2.15. The van der Waals surface area contributed by atoms with Crippen molar-refractivity contribution >= 4 is 15.9 Å². The second-order valence-electron chi connectivity index (χ2n) is 5.01. The summed E-state index contributed by atoms with van der Waals surface area (Å²) in [5, 5.41) is 16.7. The first-order valence-corrected chi connectivity index (χ1v) is 8.29. The molecule has 6 nitrogen and oxygen atoms in total. The highest BCUT2D eigenvalue weighted by Crippen LogP contribution is 2.17. The standard InChI is InChI=1S/C16H15N3O3S/c1-11(13-5-3-7-15(9-13)23(18,21)22)19-16(20)14-6-2-4-12(8-14)10-17/h2-9,11H,1H3,(H,19,20)(H2,18,21,22)/t11-/m0/s1. The minimum atomic E-state index is -3.80. The number of primary sulfonamides is 1. The minimum absolute atomic E-state index is 0.0115. The first-order valence-electron chi connectivity index (χ1n) is 6.75. The topological polar surface area (TPSA) is 113 Å². The Balaban J connectivity index is 2.20. The van der Waals surface area contributed by atoms with Crippen LogP contribution in [0.4, 0.5) is 0 Å². The highest BCUT2D eigenvalue weighted by atomic mass is 32.2. The largest absolute Gasteiger partial charge is 0.346 e. The molecule has 0 fully saturated rings. The second kappa shape index (κ2) is 6.60. The quantitative estimate of drug-likeness (QED) is 0.888. The smallest absolute Gasteiger partial charge is 0.251 e.